The van der Waals surface area contributed by atoms with E-state index in [-0.39, 0.29) is 6.04 Å². The van der Waals surface area contributed by atoms with Crippen molar-refractivity contribution in [3.63, 3.8) is 0 Å². The third kappa shape index (κ3) is 3.56. The molecule has 7 nitrogen and oxygen atoms in total. The van der Waals surface area contributed by atoms with Crippen LogP contribution in [0.1, 0.15) is 29.2 Å². The first-order valence-electron chi connectivity index (χ1n) is 9.89. The van der Waals surface area contributed by atoms with Crippen molar-refractivity contribution in [2.45, 2.75) is 25.6 Å². The van der Waals surface area contributed by atoms with Crippen molar-refractivity contribution < 1.29 is 4.74 Å². The molecule has 0 saturated carbocycles. The quantitative estimate of drug-likeness (QED) is 0.597. The maximum atomic E-state index is 5.27. The van der Waals surface area contributed by atoms with Crippen LogP contribution in [0.4, 0.5) is 17.6 Å². The molecule has 0 saturated heterocycles. The van der Waals surface area contributed by atoms with Crippen LogP contribution in [0.3, 0.4) is 0 Å². The highest BCUT2D eigenvalue weighted by Gasteiger charge is 2.34. The number of methoxy groups -OCH3 is 1. The molecule has 148 valence electrons. The van der Waals surface area contributed by atoms with E-state index in [0.717, 1.165) is 42.5 Å². The van der Waals surface area contributed by atoms with Crippen LogP contribution >= 0.6 is 0 Å². The number of rotatable bonds is 6. The van der Waals surface area contributed by atoms with Gasteiger partial charge in [-0.2, -0.15) is 9.97 Å². The van der Waals surface area contributed by atoms with E-state index in [1.165, 1.54) is 11.1 Å². The summed E-state index contributed by atoms with van der Waals surface area (Å²) in [5.74, 6) is 3.38. The Balaban J connectivity index is 1.41. The number of aromatic nitrogens is 2. The first-order chi connectivity index (χ1) is 14.3. The largest absolute Gasteiger partial charge is 0.497 e. The van der Waals surface area contributed by atoms with E-state index in [0.29, 0.717) is 12.5 Å². The molecule has 0 bridgehead atoms. The summed E-state index contributed by atoms with van der Waals surface area (Å²) in [6.45, 7) is 2.43. The van der Waals surface area contributed by atoms with E-state index in [9.17, 15) is 0 Å². The molecular formula is C22H24N6O. The van der Waals surface area contributed by atoms with Crippen LogP contribution in [0.15, 0.2) is 54.6 Å². The van der Waals surface area contributed by atoms with Crippen LogP contribution in [-0.2, 0) is 13.1 Å². The summed E-state index contributed by atoms with van der Waals surface area (Å²) in [6.07, 6.45) is 1.02. The Bertz CT molecular complexity index is 992. The van der Waals surface area contributed by atoms with Gasteiger partial charge in [-0.1, -0.05) is 42.5 Å². The number of hydrogen-bond donors (Lipinski definition) is 3. The number of ether oxygens (including phenoxy) is 1. The summed E-state index contributed by atoms with van der Waals surface area (Å²) in [5, 5.41) is 3.37. The van der Waals surface area contributed by atoms with Crippen LogP contribution in [-0.4, -0.2) is 23.6 Å². The molecule has 0 amide bonds. The number of hydrazine groups is 1. The lowest BCUT2D eigenvalue weighted by Gasteiger charge is -2.32. The highest BCUT2D eigenvalue weighted by Crippen LogP contribution is 2.41. The monoisotopic (exact) mass is 388 g/mol. The van der Waals surface area contributed by atoms with Crippen molar-refractivity contribution in [1.82, 2.24) is 15.4 Å². The minimum absolute atomic E-state index is 0.260. The molecule has 2 aromatic carbocycles. The second-order valence-electron chi connectivity index (χ2n) is 7.35. The Morgan fingerprint density at radius 1 is 1.07 bits per heavy atom. The van der Waals surface area contributed by atoms with Crippen molar-refractivity contribution in [1.29, 1.82) is 0 Å². The number of nitrogens with one attached hydrogen (secondary N) is 3. The summed E-state index contributed by atoms with van der Waals surface area (Å²) >= 11 is 0. The molecular weight excluding hydrogens is 364 g/mol. The Hall–Kier alpha value is -3.32. The molecule has 0 spiro atoms. The SMILES string of the molecule is COc1ccc(CN2CCC3NNc4nc(NCc5ccccc5)nc2c43)cc1. The van der Waals surface area contributed by atoms with Gasteiger partial charge in [0.25, 0.3) is 0 Å². The molecule has 1 unspecified atom stereocenters. The highest BCUT2D eigenvalue weighted by molar-refractivity contribution is 5.67. The van der Waals surface area contributed by atoms with Crippen LogP contribution in [0.2, 0.25) is 0 Å². The molecule has 1 aromatic heterocycles. The zero-order valence-electron chi connectivity index (χ0n) is 16.4. The molecule has 3 N–H and O–H groups in total. The third-order valence-corrected chi connectivity index (χ3v) is 5.45. The molecule has 0 aliphatic carbocycles. The molecule has 2 aliphatic heterocycles. The van der Waals surface area contributed by atoms with Gasteiger partial charge in [0.2, 0.25) is 5.95 Å². The summed E-state index contributed by atoms with van der Waals surface area (Å²) < 4.78 is 5.27. The van der Waals surface area contributed by atoms with Gasteiger partial charge in [0.1, 0.15) is 11.6 Å². The van der Waals surface area contributed by atoms with Gasteiger partial charge in [-0.3, -0.25) is 0 Å². The van der Waals surface area contributed by atoms with Crippen LogP contribution in [0.5, 0.6) is 5.75 Å². The minimum atomic E-state index is 0.260. The standard InChI is InChI=1S/C22H24N6O/c1-29-17-9-7-16(8-10-17)14-28-12-11-18-19-20(27-26-18)24-22(25-21(19)28)23-13-15-5-3-2-4-6-15/h2-10,18,26H,11-14H2,1H3,(H2,23,24,25,27). The maximum Gasteiger partial charge on any atom is 0.226 e. The Morgan fingerprint density at radius 2 is 1.90 bits per heavy atom. The molecule has 0 radical (unpaired) electrons. The summed E-state index contributed by atoms with van der Waals surface area (Å²) in [5.41, 5.74) is 10.2. The van der Waals surface area contributed by atoms with Crippen LogP contribution in [0.25, 0.3) is 0 Å². The molecule has 5 rings (SSSR count). The first kappa shape index (κ1) is 17.8. The fraction of sp³-hybridized carbons (Fsp3) is 0.273. The molecule has 3 aromatic rings. The Morgan fingerprint density at radius 3 is 2.69 bits per heavy atom. The van der Waals surface area contributed by atoms with Crippen molar-refractivity contribution >= 4 is 17.6 Å². The number of benzene rings is 2. The Kier molecular flexibility index (Phi) is 4.65. The molecule has 29 heavy (non-hydrogen) atoms. The lowest BCUT2D eigenvalue weighted by atomic mass is 10.0. The van der Waals surface area contributed by atoms with E-state index in [4.69, 9.17) is 9.72 Å². The zero-order valence-corrected chi connectivity index (χ0v) is 16.4. The smallest absolute Gasteiger partial charge is 0.226 e. The van der Waals surface area contributed by atoms with Gasteiger partial charge in [0.05, 0.1) is 18.7 Å². The van der Waals surface area contributed by atoms with Crippen LogP contribution < -0.4 is 25.8 Å². The van der Waals surface area contributed by atoms with E-state index < -0.39 is 0 Å². The second kappa shape index (κ2) is 7.60. The van der Waals surface area contributed by atoms with E-state index >= 15 is 0 Å². The summed E-state index contributed by atoms with van der Waals surface area (Å²) in [4.78, 5) is 11.9. The lowest BCUT2D eigenvalue weighted by molar-refractivity contribution is 0.414. The maximum absolute atomic E-state index is 5.27. The van der Waals surface area contributed by atoms with Gasteiger partial charge in [-0.15, -0.1) is 0 Å². The van der Waals surface area contributed by atoms with Gasteiger partial charge in [0, 0.05) is 19.6 Å². The summed E-state index contributed by atoms with van der Waals surface area (Å²) in [7, 11) is 1.69. The number of anilines is 3. The van der Waals surface area contributed by atoms with Gasteiger partial charge in [0.15, 0.2) is 5.82 Å². The molecule has 2 aliphatic rings. The molecule has 1 atom stereocenters. The van der Waals surface area contributed by atoms with Crippen molar-refractivity contribution in [3.8, 4) is 5.75 Å². The second-order valence-corrected chi connectivity index (χ2v) is 7.35. The van der Waals surface area contributed by atoms with Gasteiger partial charge < -0.3 is 20.4 Å². The van der Waals surface area contributed by atoms with Crippen molar-refractivity contribution in [2.75, 3.05) is 29.3 Å². The zero-order chi connectivity index (χ0) is 19.6. The summed E-state index contributed by atoms with van der Waals surface area (Å²) in [6, 6.07) is 18.8. The van der Waals surface area contributed by atoms with Crippen molar-refractivity contribution in [3.05, 3.63) is 71.3 Å². The molecule has 7 heteroatoms. The van der Waals surface area contributed by atoms with Gasteiger partial charge in [-0.05, 0) is 29.7 Å². The third-order valence-electron chi connectivity index (χ3n) is 5.45. The normalized spacial score (nSPS) is 16.9. The molecule has 3 heterocycles. The van der Waals surface area contributed by atoms with Gasteiger partial charge >= 0.3 is 0 Å². The Labute approximate surface area is 170 Å². The van der Waals surface area contributed by atoms with E-state index in [1.54, 1.807) is 7.11 Å². The number of nitrogens with zero attached hydrogens (tertiary/aromatic N) is 3. The minimum Gasteiger partial charge on any atom is -0.497 e. The van der Waals surface area contributed by atoms with Crippen molar-refractivity contribution in [2.24, 2.45) is 0 Å². The average Bonchev–Trinajstić information content (AvgIpc) is 3.19. The van der Waals surface area contributed by atoms with Crippen LogP contribution in [0, 0.1) is 0 Å². The fourth-order valence-corrected chi connectivity index (χ4v) is 3.91. The lowest BCUT2D eigenvalue weighted by Crippen LogP contribution is -2.34. The highest BCUT2D eigenvalue weighted by atomic mass is 16.5. The average molecular weight is 388 g/mol. The first-order valence-corrected chi connectivity index (χ1v) is 9.89. The fourth-order valence-electron chi connectivity index (χ4n) is 3.91. The molecule has 0 fully saturated rings. The van der Waals surface area contributed by atoms with Gasteiger partial charge in [-0.25, -0.2) is 5.43 Å². The predicted molar refractivity (Wildman–Crippen MR) is 114 cm³/mol. The predicted octanol–water partition coefficient (Wildman–Crippen LogP) is 3.48. The van der Waals surface area contributed by atoms with E-state index in [2.05, 4.69) is 50.3 Å². The number of hydrogen-bond acceptors (Lipinski definition) is 7. The van der Waals surface area contributed by atoms with E-state index in [1.807, 2.05) is 30.3 Å². The topological polar surface area (TPSA) is 74.3 Å².